The Morgan fingerprint density at radius 3 is 2.94 bits per heavy atom. The lowest BCUT2D eigenvalue weighted by Gasteiger charge is -2.16. The Bertz CT molecular complexity index is 406. The van der Waals surface area contributed by atoms with Gasteiger partial charge in [-0.05, 0) is 6.42 Å². The second-order valence-corrected chi connectivity index (χ2v) is 3.84. The van der Waals surface area contributed by atoms with Crippen LogP contribution in [-0.4, -0.2) is 47.3 Å². The van der Waals surface area contributed by atoms with Gasteiger partial charge in [-0.2, -0.15) is 0 Å². The normalized spacial score (nSPS) is 20.9. The molecule has 1 fully saturated rings. The van der Waals surface area contributed by atoms with E-state index in [-0.39, 0.29) is 11.9 Å². The molecule has 0 saturated carbocycles. The second-order valence-electron chi connectivity index (χ2n) is 3.84. The highest BCUT2D eigenvalue weighted by molar-refractivity contribution is 5.94. The van der Waals surface area contributed by atoms with Gasteiger partial charge in [-0.3, -0.25) is 0 Å². The summed E-state index contributed by atoms with van der Waals surface area (Å²) in [5, 5.41) is 11.4. The molecule has 0 spiro atoms. The summed E-state index contributed by atoms with van der Waals surface area (Å²) in [5.74, 6) is 0.735. The molecule has 0 amide bonds. The predicted octanol–water partition coefficient (Wildman–Crippen LogP) is -0.204. The van der Waals surface area contributed by atoms with Crippen molar-refractivity contribution in [2.45, 2.75) is 12.5 Å². The van der Waals surface area contributed by atoms with E-state index < -0.39 is 0 Å². The van der Waals surface area contributed by atoms with Crippen LogP contribution >= 0.6 is 0 Å². The minimum atomic E-state index is -0.0414. The van der Waals surface area contributed by atoms with E-state index >= 15 is 0 Å². The highest BCUT2D eigenvalue weighted by Gasteiger charge is 2.23. The van der Waals surface area contributed by atoms with Crippen LogP contribution in [0.1, 0.15) is 12.1 Å². The molecule has 0 aromatic carbocycles. The largest absolute Gasteiger partial charge is 0.409 e. The number of oxime groups is 1. The minimum Gasteiger partial charge on any atom is -0.409 e. The van der Waals surface area contributed by atoms with Crippen LogP contribution < -0.4 is 10.6 Å². The fourth-order valence-electron chi connectivity index (χ4n) is 1.80. The van der Waals surface area contributed by atoms with Crippen molar-refractivity contribution >= 4 is 11.7 Å². The van der Waals surface area contributed by atoms with Gasteiger partial charge in [0.05, 0.1) is 18.5 Å². The number of anilines is 1. The first-order valence-corrected chi connectivity index (χ1v) is 5.32. The van der Waals surface area contributed by atoms with Crippen LogP contribution in [-0.2, 0) is 4.74 Å². The van der Waals surface area contributed by atoms with Gasteiger partial charge < -0.3 is 20.6 Å². The van der Waals surface area contributed by atoms with Gasteiger partial charge >= 0.3 is 0 Å². The van der Waals surface area contributed by atoms with Gasteiger partial charge in [0.2, 0.25) is 0 Å². The van der Waals surface area contributed by atoms with Crippen molar-refractivity contribution in [3.63, 3.8) is 0 Å². The van der Waals surface area contributed by atoms with E-state index in [1.807, 2.05) is 0 Å². The number of rotatable bonds is 3. The second kappa shape index (κ2) is 4.96. The first-order valence-electron chi connectivity index (χ1n) is 5.32. The Morgan fingerprint density at radius 1 is 1.59 bits per heavy atom. The van der Waals surface area contributed by atoms with Crippen LogP contribution in [0.3, 0.4) is 0 Å². The maximum Gasteiger partial charge on any atom is 0.190 e. The quantitative estimate of drug-likeness (QED) is 0.327. The molecule has 0 radical (unpaired) electrons. The SMILES string of the molecule is COC1CCN(c2cnc(C(N)=NO)cn2)C1. The molecule has 7 heteroatoms. The third-order valence-electron chi connectivity index (χ3n) is 2.81. The summed E-state index contributed by atoms with van der Waals surface area (Å²) in [4.78, 5) is 10.4. The molecular weight excluding hydrogens is 222 g/mol. The zero-order valence-electron chi connectivity index (χ0n) is 9.58. The number of ether oxygens (including phenoxy) is 1. The van der Waals surface area contributed by atoms with Gasteiger partial charge in [-0.1, -0.05) is 5.16 Å². The van der Waals surface area contributed by atoms with Crippen LogP contribution in [0, 0.1) is 0 Å². The van der Waals surface area contributed by atoms with E-state index in [9.17, 15) is 0 Å². The number of methoxy groups -OCH3 is 1. The predicted molar refractivity (Wildman–Crippen MR) is 62.2 cm³/mol. The van der Waals surface area contributed by atoms with Crippen LogP contribution in [0.2, 0.25) is 0 Å². The van der Waals surface area contributed by atoms with Gasteiger partial charge in [-0.15, -0.1) is 0 Å². The van der Waals surface area contributed by atoms with E-state index in [0.29, 0.717) is 5.69 Å². The Morgan fingerprint density at radius 2 is 2.41 bits per heavy atom. The number of aromatic nitrogens is 2. The number of amidine groups is 1. The highest BCUT2D eigenvalue weighted by Crippen LogP contribution is 2.18. The van der Waals surface area contributed by atoms with E-state index in [1.165, 1.54) is 6.20 Å². The molecule has 3 N–H and O–H groups in total. The molecular formula is C10H15N5O2. The summed E-state index contributed by atoms with van der Waals surface area (Å²) in [6, 6.07) is 0. The smallest absolute Gasteiger partial charge is 0.190 e. The Hall–Kier alpha value is -1.89. The topological polar surface area (TPSA) is 96.9 Å². The zero-order chi connectivity index (χ0) is 12.3. The van der Waals surface area contributed by atoms with Gasteiger partial charge in [0, 0.05) is 20.2 Å². The molecule has 7 nitrogen and oxygen atoms in total. The summed E-state index contributed by atoms with van der Waals surface area (Å²) in [6.07, 6.45) is 4.34. The molecule has 1 atom stereocenters. The van der Waals surface area contributed by atoms with Crippen LogP contribution in [0.15, 0.2) is 17.5 Å². The van der Waals surface area contributed by atoms with Crippen molar-refractivity contribution in [1.82, 2.24) is 9.97 Å². The van der Waals surface area contributed by atoms with Crippen molar-refractivity contribution in [2.24, 2.45) is 10.9 Å². The van der Waals surface area contributed by atoms with E-state index in [0.717, 1.165) is 25.3 Å². The molecule has 1 aromatic rings. The molecule has 1 aliphatic heterocycles. The molecule has 2 rings (SSSR count). The molecule has 92 valence electrons. The van der Waals surface area contributed by atoms with Crippen molar-refractivity contribution in [3.8, 4) is 0 Å². The molecule has 1 aromatic heterocycles. The van der Waals surface area contributed by atoms with Gasteiger partial charge in [0.25, 0.3) is 0 Å². The Balaban J connectivity index is 2.08. The molecule has 2 heterocycles. The molecule has 0 bridgehead atoms. The summed E-state index contributed by atoms with van der Waals surface area (Å²) >= 11 is 0. The maximum absolute atomic E-state index is 8.50. The molecule has 1 saturated heterocycles. The average Bonchev–Trinajstić information content (AvgIpc) is 2.87. The minimum absolute atomic E-state index is 0.0414. The maximum atomic E-state index is 8.50. The molecule has 1 aliphatic rings. The zero-order valence-corrected chi connectivity index (χ0v) is 9.58. The highest BCUT2D eigenvalue weighted by atomic mass is 16.5. The Kier molecular flexibility index (Phi) is 3.38. The third kappa shape index (κ3) is 2.44. The summed E-state index contributed by atoms with van der Waals surface area (Å²) in [7, 11) is 1.71. The monoisotopic (exact) mass is 237 g/mol. The summed E-state index contributed by atoms with van der Waals surface area (Å²) in [5.41, 5.74) is 5.77. The van der Waals surface area contributed by atoms with Crippen molar-refractivity contribution < 1.29 is 9.94 Å². The average molecular weight is 237 g/mol. The van der Waals surface area contributed by atoms with Gasteiger partial charge in [0.15, 0.2) is 5.84 Å². The lowest BCUT2D eigenvalue weighted by Crippen LogP contribution is -2.24. The summed E-state index contributed by atoms with van der Waals surface area (Å²) < 4.78 is 5.28. The van der Waals surface area contributed by atoms with Crippen LogP contribution in [0.4, 0.5) is 5.82 Å². The van der Waals surface area contributed by atoms with Crippen molar-refractivity contribution in [1.29, 1.82) is 0 Å². The third-order valence-corrected chi connectivity index (χ3v) is 2.81. The standard InChI is InChI=1S/C10H15N5O2/c1-17-7-2-3-15(6-7)9-5-12-8(4-13-9)10(11)14-16/h4-5,7,16H,2-3,6H2,1H3,(H2,11,14). The van der Waals surface area contributed by atoms with Crippen molar-refractivity contribution in [2.75, 3.05) is 25.1 Å². The van der Waals surface area contributed by atoms with E-state index in [4.69, 9.17) is 15.7 Å². The fraction of sp³-hybridized carbons (Fsp3) is 0.500. The first kappa shape index (κ1) is 11.6. The number of nitrogens with two attached hydrogens (primary N) is 1. The molecule has 17 heavy (non-hydrogen) atoms. The van der Waals surface area contributed by atoms with Crippen LogP contribution in [0.5, 0.6) is 0 Å². The molecule has 1 unspecified atom stereocenters. The number of nitrogens with zero attached hydrogens (tertiary/aromatic N) is 4. The Labute approximate surface area is 98.9 Å². The fourth-order valence-corrected chi connectivity index (χ4v) is 1.80. The van der Waals surface area contributed by atoms with Gasteiger partial charge in [0.1, 0.15) is 11.5 Å². The van der Waals surface area contributed by atoms with Crippen molar-refractivity contribution in [3.05, 3.63) is 18.1 Å². The number of hydrogen-bond donors (Lipinski definition) is 2. The lowest BCUT2D eigenvalue weighted by molar-refractivity contribution is 0.121. The van der Waals surface area contributed by atoms with E-state index in [1.54, 1.807) is 13.3 Å². The van der Waals surface area contributed by atoms with E-state index in [2.05, 4.69) is 20.0 Å². The van der Waals surface area contributed by atoms with Crippen LogP contribution in [0.25, 0.3) is 0 Å². The van der Waals surface area contributed by atoms with Gasteiger partial charge in [-0.25, -0.2) is 9.97 Å². The summed E-state index contributed by atoms with van der Waals surface area (Å²) in [6.45, 7) is 1.71. The number of hydrogen-bond acceptors (Lipinski definition) is 6. The lowest BCUT2D eigenvalue weighted by atomic mass is 10.3. The first-order chi connectivity index (χ1) is 8.24. The molecule has 0 aliphatic carbocycles.